The number of imide groups is 2. The summed E-state index contributed by atoms with van der Waals surface area (Å²) < 4.78 is 20.1. The van der Waals surface area contributed by atoms with Gasteiger partial charge in [0.25, 0.3) is 17.7 Å². The maximum absolute atomic E-state index is 13.0. The number of carbonyl (C=O) groups is 6. The molecular weight excluding hydrogens is 632 g/mol. The van der Waals surface area contributed by atoms with Crippen LogP contribution in [0.25, 0.3) is 21.5 Å². The minimum atomic E-state index is -0.889. The van der Waals surface area contributed by atoms with Gasteiger partial charge >= 0.3 is 12.3 Å². The lowest BCUT2D eigenvalue weighted by atomic mass is 9.94. The maximum atomic E-state index is 13.0. The second kappa shape index (κ2) is 16.4. The van der Waals surface area contributed by atoms with Crippen LogP contribution in [0.4, 0.5) is 9.59 Å². The molecule has 0 bridgehead atoms. The highest BCUT2D eigenvalue weighted by Gasteiger charge is 2.32. The minimum absolute atomic E-state index is 0.0331. The molecule has 4 aromatic carbocycles. The molecule has 4 aromatic rings. The number of nitrogens with zero attached hydrogens (tertiary/aromatic N) is 2. The average Bonchev–Trinajstić information content (AvgIpc) is 3.11. The minimum Gasteiger partial charge on any atom is -0.434 e. The molecule has 0 saturated carbocycles. The Morgan fingerprint density at radius 2 is 1.14 bits per heavy atom. The van der Waals surface area contributed by atoms with Gasteiger partial charge in [0.2, 0.25) is 6.41 Å². The fourth-order valence-corrected chi connectivity index (χ4v) is 5.71. The van der Waals surface area contributed by atoms with Crippen molar-refractivity contribution in [2.45, 2.75) is 32.6 Å². The molecule has 12 heteroatoms. The van der Waals surface area contributed by atoms with Crippen LogP contribution in [-0.2, 0) is 23.7 Å². The van der Waals surface area contributed by atoms with E-state index >= 15 is 0 Å². The zero-order valence-electron chi connectivity index (χ0n) is 27.1. The first kappa shape index (κ1) is 34.6. The summed E-state index contributed by atoms with van der Waals surface area (Å²) in [4.78, 5) is 76.6. The Balaban J connectivity index is 0.908. The number of carbonyl (C=O) groups excluding carboxylic acids is 6. The first-order chi connectivity index (χ1) is 23.8. The molecule has 5 rings (SSSR count). The van der Waals surface area contributed by atoms with E-state index < -0.39 is 18.2 Å². The van der Waals surface area contributed by atoms with Gasteiger partial charge in [0.1, 0.15) is 0 Å². The smallest absolute Gasteiger partial charge is 0.434 e. The fourth-order valence-electron chi connectivity index (χ4n) is 5.71. The normalized spacial score (nSPS) is 12.1. The molecule has 1 heterocycles. The van der Waals surface area contributed by atoms with Crippen LogP contribution in [0.1, 0.15) is 62.3 Å². The van der Waals surface area contributed by atoms with E-state index in [2.05, 4.69) is 0 Å². The second-order valence-corrected chi connectivity index (χ2v) is 11.4. The Labute approximate surface area is 282 Å². The molecule has 0 N–H and O–H groups in total. The third kappa shape index (κ3) is 8.21. The standard InChI is InChI=1S/C37H36N2O10/c1-25-10-4-11-26-12-5-15-28(31(25)26)33(41)38(24-40)18-8-22-48-36(44)46-20-2-3-21-47-37(45)49-23-9-19-39-34(42)29-16-6-13-27-14-7-17-30(32(27)29)35(39)43/h4-7,10-17,24H,2-3,8-9,18-23H2,1H3. The monoisotopic (exact) mass is 668 g/mol. The van der Waals surface area contributed by atoms with Crippen LogP contribution >= 0.6 is 0 Å². The number of hydrogen-bond acceptors (Lipinski definition) is 10. The van der Waals surface area contributed by atoms with Crippen molar-refractivity contribution in [3.8, 4) is 0 Å². The number of rotatable bonds is 15. The molecule has 12 nitrogen and oxygen atoms in total. The first-order valence-corrected chi connectivity index (χ1v) is 16.0. The molecule has 254 valence electrons. The summed E-state index contributed by atoms with van der Waals surface area (Å²) in [5.74, 6) is -1.20. The number of hydrogen-bond donors (Lipinski definition) is 0. The molecule has 0 spiro atoms. The van der Waals surface area contributed by atoms with E-state index in [1.807, 2.05) is 43.3 Å². The van der Waals surface area contributed by atoms with E-state index in [0.717, 1.165) is 31.5 Å². The van der Waals surface area contributed by atoms with Gasteiger partial charge < -0.3 is 18.9 Å². The van der Waals surface area contributed by atoms with Crippen LogP contribution in [0.5, 0.6) is 0 Å². The SMILES string of the molecule is Cc1cccc2cccc(C(=O)N(C=O)CCCOC(=O)OCCCCOC(=O)OCCCN3C(=O)c4cccc5cccc(c45)C3=O)c12. The van der Waals surface area contributed by atoms with Crippen molar-refractivity contribution < 1.29 is 47.7 Å². The van der Waals surface area contributed by atoms with Crippen molar-refractivity contribution in [2.75, 3.05) is 39.5 Å². The number of unbranched alkanes of at least 4 members (excludes halogenated alkanes) is 1. The van der Waals surface area contributed by atoms with Crippen LogP contribution in [0.15, 0.2) is 72.8 Å². The van der Waals surface area contributed by atoms with Crippen LogP contribution in [0, 0.1) is 6.92 Å². The van der Waals surface area contributed by atoms with Crippen LogP contribution in [0.2, 0.25) is 0 Å². The van der Waals surface area contributed by atoms with Gasteiger partial charge in [-0.15, -0.1) is 0 Å². The number of aryl methyl sites for hydroxylation is 1. The van der Waals surface area contributed by atoms with Crippen molar-refractivity contribution in [1.29, 1.82) is 0 Å². The van der Waals surface area contributed by atoms with Gasteiger partial charge in [0.15, 0.2) is 0 Å². The molecule has 49 heavy (non-hydrogen) atoms. The summed E-state index contributed by atoms with van der Waals surface area (Å²) in [5, 5.41) is 3.17. The van der Waals surface area contributed by atoms with Crippen molar-refractivity contribution >= 4 is 58.0 Å². The third-order valence-electron chi connectivity index (χ3n) is 8.08. The summed E-state index contributed by atoms with van der Waals surface area (Å²) in [5.41, 5.74) is 2.28. The van der Waals surface area contributed by atoms with Crippen LogP contribution in [0.3, 0.4) is 0 Å². The first-order valence-electron chi connectivity index (χ1n) is 16.0. The van der Waals surface area contributed by atoms with Crippen LogP contribution < -0.4 is 0 Å². The van der Waals surface area contributed by atoms with E-state index in [-0.39, 0.29) is 64.2 Å². The topological polar surface area (TPSA) is 146 Å². The predicted octanol–water partition coefficient (Wildman–Crippen LogP) is 6.06. The molecule has 0 radical (unpaired) electrons. The second-order valence-electron chi connectivity index (χ2n) is 11.4. The molecule has 4 amide bonds. The average molecular weight is 669 g/mol. The molecule has 1 aliphatic rings. The largest absolute Gasteiger partial charge is 0.508 e. The zero-order valence-corrected chi connectivity index (χ0v) is 27.1. The van der Waals surface area contributed by atoms with Crippen molar-refractivity contribution in [1.82, 2.24) is 9.80 Å². The van der Waals surface area contributed by atoms with E-state index in [1.54, 1.807) is 36.4 Å². The molecule has 0 aromatic heterocycles. The van der Waals surface area contributed by atoms with E-state index in [4.69, 9.17) is 18.9 Å². The van der Waals surface area contributed by atoms with Gasteiger partial charge in [-0.1, -0.05) is 54.6 Å². The van der Waals surface area contributed by atoms with Crippen molar-refractivity contribution in [3.05, 3.63) is 95.1 Å². The summed E-state index contributed by atoms with van der Waals surface area (Å²) in [7, 11) is 0. The molecule has 0 unspecified atom stereocenters. The van der Waals surface area contributed by atoms with Gasteiger partial charge in [-0.05, 0) is 72.5 Å². The summed E-state index contributed by atoms with van der Waals surface area (Å²) in [6.45, 7) is 2.02. The molecule has 0 saturated heterocycles. The highest BCUT2D eigenvalue weighted by molar-refractivity contribution is 6.25. The summed E-state index contributed by atoms with van der Waals surface area (Å²) in [6.07, 6.45) is -0.0376. The van der Waals surface area contributed by atoms with Crippen molar-refractivity contribution in [2.24, 2.45) is 0 Å². The van der Waals surface area contributed by atoms with Gasteiger partial charge in [-0.25, -0.2) is 9.59 Å². The Hall–Kier alpha value is -5.78. The molecular formula is C37H36N2O10. The van der Waals surface area contributed by atoms with Crippen molar-refractivity contribution in [3.63, 3.8) is 0 Å². The lowest BCUT2D eigenvalue weighted by Crippen LogP contribution is -2.41. The maximum Gasteiger partial charge on any atom is 0.508 e. The third-order valence-corrected chi connectivity index (χ3v) is 8.08. The quantitative estimate of drug-likeness (QED) is 0.0634. The number of fused-ring (bicyclic) bond motifs is 1. The number of ether oxygens (including phenoxy) is 4. The predicted molar refractivity (Wildman–Crippen MR) is 178 cm³/mol. The molecule has 0 atom stereocenters. The van der Waals surface area contributed by atoms with E-state index in [9.17, 15) is 28.8 Å². The Morgan fingerprint density at radius 3 is 1.71 bits per heavy atom. The van der Waals surface area contributed by atoms with Crippen LogP contribution in [-0.4, -0.2) is 85.8 Å². The van der Waals surface area contributed by atoms with Gasteiger partial charge in [0.05, 0.1) is 26.4 Å². The Morgan fingerprint density at radius 1 is 0.653 bits per heavy atom. The Bertz CT molecular complexity index is 1830. The number of benzene rings is 4. The molecule has 0 fully saturated rings. The number of amides is 4. The lowest BCUT2D eigenvalue weighted by Gasteiger charge is -2.27. The lowest BCUT2D eigenvalue weighted by molar-refractivity contribution is -0.116. The van der Waals surface area contributed by atoms with Gasteiger partial charge in [-0.2, -0.15) is 0 Å². The highest BCUT2D eigenvalue weighted by Crippen LogP contribution is 2.30. The molecule has 1 aliphatic heterocycles. The molecule has 0 aliphatic carbocycles. The Kier molecular flexibility index (Phi) is 11.5. The fraction of sp³-hybridized carbons (Fsp3) is 0.297. The summed E-state index contributed by atoms with van der Waals surface area (Å²) >= 11 is 0. The highest BCUT2D eigenvalue weighted by atomic mass is 16.7. The van der Waals surface area contributed by atoms with Gasteiger partial charge in [0, 0.05) is 35.2 Å². The van der Waals surface area contributed by atoms with E-state index in [0.29, 0.717) is 41.3 Å². The summed E-state index contributed by atoms with van der Waals surface area (Å²) in [6, 6.07) is 21.7. The zero-order chi connectivity index (χ0) is 34.8. The van der Waals surface area contributed by atoms with Gasteiger partial charge in [-0.3, -0.25) is 29.0 Å². The van der Waals surface area contributed by atoms with E-state index in [1.165, 1.54) is 0 Å².